The van der Waals surface area contributed by atoms with Crippen molar-refractivity contribution in [3.05, 3.63) is 12.2 Å². The van der Waals surface area contributed by atoms with E-state index in [1.807, 2.05) is 13.0 Å². The topological polar surface area (TPSA) is 17.1 Å². The molecule has 0 spiro atoms. The van der Waals surface area contributed by atoms with Gasteiger partial charge in [0.25, 0.3) is 0 Å². The fraction of sp³-hybridized carbons (Fsp3) is 0.769. The second-order valence-corrected chi connectivity index (χ2v) is 3.86. The molecule has 82 valence electrons. The largest absolute Gasteiger partial charge is 0.295 e. The number of rotatable bonds is 8. The zero-order valence-corrected chi connectivity index (χ0v) is 9.88. The molecule has 0 radical (unpaired) electrons. The van der Waals surface area contributed by atoms with Crippen molar-refractivity contribution >= 4 is 5.78 Å². The first kappa shape index (κ1) is 13.4. The second-order valence-electron chi connectivity index (χ2n) is 3.86. The molecule has 0 fully saturated rings. The summed E-state index contributed by atoms with van der Waals surface area (Å²) in [4.78, 5) is 11.6. The van der Waals surface area contributed by atoms with Crippen molar-refractivity contribution in [3.63, 3.8) is 0 Å². The van der Waals surface area contributed by atoms with Crippen LogP contribution in [0.4, 0.5) is 0 Å². The third kappa shape index (κ3) is 5.95. The molecular weight excluding hydrogens is 172 g/mol. The molecule has 0 aromatic heterocycles. The second kappa shape index (κ2) is 8.98. The van der Waals surface area contributed by atoms with E-state index < -0.39 is 0 Å². The minimum absolute atomic E-state index is 0.267. The van der Waals surface area contributed by atoms with E-state index in [4.69, 9.17) is 0 Å². The Morgan fingerprint density at radius 2 is 1.93 bits per heavy atom. The average Bonchev–Trinajstić information content (AvgIpc) is 2.18. The summed E-state index contributed by atoms with van der Waals surface area (Å²) in [5.41, 5.74) is 0. The molecule has 0 heterocycles. The van der Waals surface area contributed by atoms with E-state index in [-0.39, 0.29) is 5.92 Å². The normalized spacial score (nSPS) is 13.4. The van der Waals surface area contributed by atoms with Crippen LogP contribution in [0, 0.1) is 5.92 Å². The lowest BCUT2D eigenvalue weighted by atomic mass is 9.94. The van der Waals surface area contributed by atoms with Crippen molar-refractivity contribution in [2.75, 3.05) is 0 Å². The summed E-state index contributed by atoms with van der Waals surface area (Å²) in [6, 6.07) is 0. The van der Waals surface area contributed by atoms with Gasteiger partial charge in [-0.05, 0) is 25.8 Å². The molecule has 0 aliphatic carbocycles. The maximum atomic E-state index is 11.6. The van der Waals surface area contributed by atoms with Crippen LogP contribution < -0.4 is 0 Å². The van der Waals surface area contributed by atoms with E-state index in [0.29, 0.717) is 5.78 Å². The third-order valence-corrected chi connectivity index (χ3v) is 2.63. The van der Waals surface area contributed by atoms with Crippen molar-refractivity contribution in [3.8, 4) is 0 Å². The predicted molar refractivity (Wildman–Crippen MR) is 62.4 cm³/mol. The number of hydrogen-bond donors (Lipinski definition) is 0. The number of hydrogen-bond acceptors (Lipinski definition) is 1. The third-order valence-electron chi connectivity index (χ3n) is 2.63. The van der Waals surface area contributed by atoms with Gasteiger partial charge in [0.05, 0.1) is 0 Å². The Balaban J connectivity index is 3.73. The van der Waals surface area contributed by atoms with Gasteiger partial charge in [0.2, 0.25) is 0 Å². The monoisotopic (exact) mass is 196 g/mol. The first-order valence-electron chi connectivity index (χ1n) is 5.92. The molecule has 0 bridgehead atoms. The van der Waals surface area contributed by atoms with Crippen LogP contribution in [0.3, 0.4) is 0 Å². The highest BCUT2D eigenvalue weighted by molar-refractivity contribution is 5.91. The quantitative estimate of drug-likeness (QED) is 0.421. The molecule has 0 saturated heterocycles. The maximum absolute atomic E-state index is 11.6. The molecule has 1 heteroatoms. The van der Waals surface area contributed by atoms with Crippen LogP contribution in [-0.2, 0) is 4.79 Å². The Morgan fingerprint density at radius 3 is 2.43 bits per heavy atom. The van der Waals surface area contributed by atoms with E-state index in [0.717, 1.165) is 12.8 Å². The predicted octanol–water partition coefficient (Wildman–Crippen LogP) is 4.13. The Bertz CT molecular complexity index is 170. The van der Waals surface area contributed by atoms with Crippen LogP contribution in [0.25, 0.3) is 0 Å². The molecule has 1 unspecified atom stereocenters. The van der Waals surface area contributed by atoms with Gasteiger partial charge in [-0.2, -0.15) is 0 Å². The highest BCUT2D eigenvalue weighted by Crippen LogP contribution is 2.15. The highest BCUT2D eigenvalue weighted by Gasteiger charge is 2.12. The van der Waals surface area contributed by atoms with Crippen LogP contribution in [0.2, 0.25) is 0 Å². The summed E-state index contributed by atoms with van der Waals surface area (Å²) < 4.78 is 0. The Morgan fingerprint density at radius 1 is 1.21 bits per heavy atom. The molecular formula is C13H24O. The van der Waals surface area contributed by atoms with E-state index >= 15 is 0 Å². The molecule has 0 aliphatic heterocycles. The number of carbonyl (C=O) groups excluding carboxylic acids is 1. The minimum Gasteiger partial charge on any atom is -0.295 e. The molecule has 0 aliphatic rings. The van der Waals surface area contributed by atoms with E-state index in [9.17, 15) is 4.79 Å². The summed E-state index contributed by atoms with van der Waals surface area (Å²) in [5, 5.41) is 0. The molecule has 0 N–H and O–H groups in total. The van der Waals surface area contributed by atoms with E-state index in [1.165, 1.54) is 25.7 Å². The summed E-state index contributed by atoms with van der Waals surface area (Å²) in [6.07, 6.45) is 10.7. The number of unbranched alkanes of at least 4 members (excludes halogenated alkanes) is 3. The SMILES string of the molecule is C/C=C/C(=O)C(CC)CCCCCC. The maximum Gasteiger partial charge on any atom is 0.158 e. The van der Waals surface area contributed by atoms with Gasteiger partial charge in [0.15, 0.2) is 5.78 Å². The fourth-order valence-electron chi connectivity index (χ4n) is 1.67. The van der Waals surface area contributed by atoms with Crippen molar-refractivity contribution < 1.29 is 4.79 Å². The zero-order valence-electron chi connectivity index (χ0n) is 9.88. The molecule has 0 aromatic rings. The average molecular weight is 196 g/mol. The van der Waals surface area contributed by atoms with Gasteiger partial charge in [-0.1, -0.05) is 45.6 Å². The summed E-state index contributed by atoms with van der Waals surface area (Å²) in [5.74, 6) is 0.578. The van der Waals surface area contributed by atoms with Crippen LogP contribution in [0.1, 0.15) is 59.3 Å². The Kier molecular flexibility index (Phi) is 8.61. The molecule has 0 amide bonds. The van der Waals surface area contributed by atoms with Gasteiger partial charge in [-0.25, -0.2) is 0 Å². The van der Waals surface area contributed by atoms with Gasteiger partial charge in [0, 0.05) is 5.92 Å². The summed E-state index contributed by atoms with van der Waals surface area (Å²) in [6.45, 7) is 6.22. The Labute approximate surface area is 88.6 Å². The van der Waals surface area contributed by atoms with Gasteiger partial charge in [-0.3, -0.25) is 4.79 Å². The highest BCUT2D eigenvalue weighted by atomic mass is 16.1. The lowest BCUT2D eigenvalue weighted by Gasteiger charge is -2.10. The number of carbonyl (C=O) groups is 1. The first-order valence-corrected chi connectivity index (χ1v) is 5.92. The molecule has 0 rings (SSSR count). The lowest BCUT2D eigenvalue weighted by molar-refractivity contribution is -0.118. The molecule has 0 aromatic carbocycles. The van der Waals surface area contributed by atoms with Gasteiger partial charge >= 0.3 is 0 Å². The smallest absolute Gasteiger partial charge is 0.158 e. The summed E-state index contributed by atoms with van der Waals surface area (Å²) >= 11 is 0. The van der Waals surface area contributed by atoms with E-state index in [2.05, 4.69) is 13.8 Å². The van der Waals surface area contributed by atoms with Gasteiger partial charge in [0.1, 0.15) is 0 Å². The molecule has 1 nitrogen and oxygen atoms in total. The van der Waals surface area contributed by atoms with Gasteiger partial charge in [-0.15, -0.1) is 0 Å². The number of allylic oxidation sites excluding steroid dienone is 2. The molecule has 14 heavy (non-hydrogen) atoms. The van der Waals surface area contributed by atoms with Crippen LogP contribution >= 0.6 is 0 Å². The first-order chi connectivity index (χ1) is 6.76. The minimum atomic E-state index is 0.267. The standard InChI is InChI=1S/C13H24O/c1-4-7-8-9-11-12(6-3)13(14)10-5-2/h5,10,12H,4,6-9,11H2,1-3H3/b10-5+. The van der Waals surface area contributed by atoms with Crippen LogP contribution in [-0.4, -0.2) is 5.78 Å². The van der Waals surface area contributed by atoms with Gasteiger partial charge < -0.3 is 0 Å². The van der Waals surface area contributed by atoms with E-state index in [1.54, 1.807) is 6.08 Å². The lowest BCUT2D eigenvalue weighted by Crippen LogP contribution is -2.10. The summed E-state index contributed by atoms with van der Waals surface area (Å²) in [7, 11) is 0. The van der Waals surface area contributed by atoms with Crippen molar-refractivity contribution in [2.24, 2.45) is 5.92 Å². The van der Waals surface area contributed by atoms with Crippen molar-refractivity contribution in [2.45, 2.75) is 59.3 Å². The van der Waals surface area contributed by atoms with Crippen LogP contribution in [0.5, 0.6) is 0 Å². The van der Waals surface area contributed by atoms with Crippen molar-refractivity contribution in [1.29, 1.82) is 0 Å². The zero-order chi connectivity index (χ0) is 10.8. The Hall–Kier alpha value is -0.590. The fourth-order valence-corrected chi connectivity index (χ4v) is 1.67. The number of ketones is 1. The van der Waals surface area contributed by atoms with Crippen LogP contribution in [0.15, 0.2) is 12.2 Å². The molecule has 1 atom stereocenters. The van der Waals surface area contributed by atoms with Crippen molar-refractivity contribution in [1.82, 2.24) is 0 Å². The molecule has 0 saturated carbocycles.